The number of ether oxygens (including phenoxy) is 3. The van der Waals surface area contributed by atoms with Crippen LogP contribution < -0.4 is 19.7 Å². The maximum absolute atomic E-state index is 11.9. The van der Waals surface area contributed by atoms with Gasteiger partial charge in [0.05, 0.1) is 11.0 Å². The van der Waals surface area contributed by atoms with Crippen molar-refractivity contribution in [3.05, 3.63) is 40.2 Å². The number of fused-ring (bicyclic) bond motifs is 1. The van der Waals surface area contributed by atoms with Crippen LogP contribution in [0.15, 0.2) is 24.5 Å². The van der Waals surface area contributed by atoms with Crippen molar-refractivity contribution in [3.63, 3.8) is 0 Å². The van der Waals surface area contributed by atoms with Crippen LogP contribution in [0.25, 0.3) is 0 Å². The molecular weight excluding hydrogens is 428 g/mol. The molecule has 33 heavy (non-hydrogen) atoms. The Balaban J connectivity index is 1.35. The molecule has 2 aromatic rings. The summed E-state index contributed by atoms with van der Waals surface area (Å²) in [7, 11) is 0. The minimum Gasteiger partial charge on any atom is -0.454 e. The molecule has 0 bridgehead atoms. The molecule has 0 unspecified atom stereocenters. The van der Waals surface area contributed by atoms with Crippen molar-refractivity contribution in [1.29, 1.82) is 0 Å². The number of piperazine rings is 1. The number of nitrogens with one attached hydrogen (secondary N) is 1. The highest BCUT2D eigenvalue weighted by Crippen LogP contribution is 2.34. The summed E-state index contributed by atoms with van der Waals surface area (Å²) in [4.78, 5) is 24.1. The lowest BCUT2D eigenvalue weighted by Gasteiger charge is -2.35. The molecule has 1 aromatic carbocycles. The molecule has 0 radical (unpaired) electrons. The number of rotatable bonds is 10. The highest BCUT2D eigenvalue weighted by Gasteiger charge is 2.29. The van der Waals surface area contributed by atoms with E-state index in [2.05, 4.69) is 20.2 Å². The smallest absolute Gasteiger partial charge is 0.353 e. The number of nitrogens with zero attached hydrogens (tertiary/aromatic N) is 5. The average Bonchev–Trinajstić information content (AvgIpc) is 3.27. The van der Waals surface area contributed by atoms with E-state index < -0.39 is 4.92 Å². The summed E-state index contributed by atoms with van der Waals surface area (Å²) < 4.78 is 16.4. The lowest BCUT2D eigenvalue weighted by atomic mass is 10.1. The second kappa shape index (κ2) is 10.6. The van der Waals surface area contributed by atoms with Crippen LogP contribution in [0.1, 0.15) is 25.8 Å². The topological polar surface area (TPSA) is 115 Å². The van der Waals surface area contributed by atoms with Crippen molar-refractivity contribution < 1.29 is 19.1 Å². The molecule has 1 saturated heterocycles. The SMILES string of the molecule is CC(C)OCCCNc1ncnc(N2CCN(Cc3ccc4c(c3)OCO4)CC2)c1[N+](=O)[O-]. The Kier molecular flexibility index (Phi) is 7.40. The third-order valence-corrected chi connectivity index (χ3v) is 5.57. The first kappa shape index (κ1) is 23.0. The third kappa shape index (κ3) is 5.79. The first-order chi connectivity index (χ1) is 16.0. The van der Waals surface area contributed by atoms with Gasteiger partial charge in [0.15, 0.2) is 11.5 Å². The van der Waals surface area contributed by atoms with E-state index in [1.807, 2.05) is 36.9 Å². The van der Waals surface area contributed by atoms with Gasteiger partial charge in [-0.2, -0.15) is 0 Å². The fourth-order valence-electron chi connectivity index (χ4n) is 3.91. The Morgan fingerprint density at radius 2 is 1.97 bits per heavy atom. The van der Waals surface area contributed by atoms with E-state index in [1.54, 1.807) is 0 Å². The second-order valence-corrected chi connectivity index (χ2v) is 8.30. The van der Waals surface area contributed by atoms with Gasteiger partial charge in [-0.25, -0.2) is 9.97 Å². The van der Waals surface area contributed by atoms with Crippen LogP contribution in [-0.2, 0) is 11.3 Å². The van der Waals surface area contributed by atoms with Gasteiger partial charge in [0, 0.05) is 45.9 Å². The zero-order chi connectivity index (χ0) is 23.2. The van der Waals surface area contributed by atoms with Gasteiger partial charge in [-0.15, -0.1) is 0 Å². The van der Waals surface area contributed by atoms with Gasteiger partial charge in [0.1, 0.15) is 6.33 Å². The summed E-state index contributed by atoms with van der Waals surface area (Å²) in [5.74, 6) is 2.16. The maximum atomic E-state index is 11.9. The van der Waals surface area contributed by atoms with Crippen LogP contribution in [0.2, 0.25) is 0 Å². The van der Waals surface area contributed by atoms with Crippen molar-refractivity contribution in [2.45, 2.75) is 32.9 Å². The summed E-state index contributed by atoms with van der Waals surface area (Å²) in [5.41, 5.74) is 1.07. The molecule has 0 aliphatic carbocycles. The highest BCUT2D eigenvalue weighted by atomic mass is 16.7. The quantitative estimate of drug-likeness (QED) is 0.324. The van der Waals surface area contributed by atoms with E-state index in [1.165, 1.54) is 6.33 Å². The van der Waals surface area contributed by atoms with Crippen molar-refractivity contribution in [1.82, 2.24) is 14.9 Å². The molecule has 11 heteroatoms. The molecule has 3 heterocycles. The van der Waals surface area contributed by atoms with E-state index in [0.717, 1.165) is 43.1 Å². The molecular formula is C22H30N6O5. The molecule has 1 aromatic heterocycles. The summed E-state index contributed by atoms with van der Waals surface area (Å²) in [6, 6.07) is 5.98. The van der Waals surface area contributed by atoms with Gasteiger partial charge < -0.3 is 24.4 Å². The molecule has 0 spiro atoms. The van der Waals surface area contributed by atoms with Crippen molar-refractivity contribution in [3.8, 4) is 11.5 Å². The van der Waals surface area contributed by atoms with Gasteiger partial charge in [-0.3, -0.25) is 15.0 Å². The first-order valence-electron chi connectivity index (χ1n) is 11.2. The predicted octanol–water partition coefficient (Wildman–Crippen LogP) is 2.66. The molecule has 178 valence electrons. The van der Waals surface area contributed by atoms with Crippen LogP contribution in [0, 0.1) is 10.1 Å². The summed E-state index contributed by atoms with van der Waals surface area (Å²) >= 11 is 0. The van der Waals surface area contributed by atoms with E-state index >= 15 is 0 Å². The van der Waals surface area contributed by atoms with Crippen molar-refractivity contribution in [2.24, 2.45) is 0 Å². The minimum atomic E-state index is -0.402. The lowest BCUT2D eigenvalue weighted by molar-refractivity contribution is -0.383. The van der Waals surface area contributed by atoms with Gasteiger partial charge >= 0.3 is 5.69 Å². The van der Waals surface area contributed by atoms with Gasteiger partial charge in [0.2, 0.25) is 18.4 Å². The average molecular weight is 459 g/mol. The summed E-state index contributed by atoms with van der Waals surface area (Å²) in [5, 5.41) is 14.9. The number of benzene rings is 1. The highest BCUT2D eigenvalue weighted by molar-refractivity contribution is 5.70. The Morgan fingerprint density at radius 1 is 1.18 bits per heavy atom. The molecule has 1 fully saturated rings. The Labute approximate surface area is 192 Å². The number of hydrogen-bond donors (Lipinski definition) is 1. The zero-order valence-corrected chi connectivity index (χ0v) is 19.0. The van der Waals surface area contributed by atoms with Gasteiger partial charge in [0.25, 0.3) is 0 Å². The normalized spacial score (nSPS) is 15.8. The van der Waals surface area contributed by atoms with Crippen LogP contribution >= 0.6 is 0 Å². The number of anilines is 2. The molecule has 2 aliphatic heterocycles. The summed E-state index contributed by atoms with van der Waals surface area (Å²) in [6.45, 7) is 8.94. The lowest BCUT2D eigenvalue weighted by Crippen LogP contribution is -2.46. The van der Waals surface area contributed by atoms with E-state index in [0.29, 0.717) is 32.1 Å². The summed E-state index contributed by atoms with van der Waals surface area (Å²) in [6.07, 6.45) is 2.27. The molecule has 1 N–H and O–H groups in total. The predicted molar refractivity (Wildman–Crippen MR) is 123 cm³/mol. The second-order valence-electron chi connectivity index (χ2n) is 8.30. The maximum Gasteiger partial charge on any atom is 0.353 e. The van der Waals surface area contributed by atoms with Crippen molar-refractivity contribution >= 4 is 17.3 Å². The van der Waals surface area contributed by atoms with Gasteiger partial charge in [-0.1, -0.05) is 6.07 Å². The van der Waals surface area contributed by atoms with Crippen LogP contribution in [0.4, 0.5) is 17.3 Å². The fourth-order valence-corrected chi connectivity index (χ4v) is 3.91. The van der Waals surface area contributed by atoms with Gasteiger partial charge in [-0.05, 0) is 38.0 Å². The number of hydrogen-bond acceptors (Lipinski definition) is 10. The van der Waals surface area contributed by atoms with E-state index in [-0.39, 0.29) is 24.4 Å². The zero-order valence-electron chi connectivity index (χ0n) is 19.0. The fraction of sp³-hybridized carbons (Fsp3) is 0.545. The van der Waals surface area contributed by atoms with Crippen LogP contribution in [0.3, 0.4) is 0 Å². The molecule has 11 nitrogen and oxygen atoms in total. The molecule has 0 saturated carbocycles. The monoisotopic (exact) mass is 458 g/mol. The third-order valence-electron chi connectivity index (χ3n) is 5.57. The standard InChI is InChI=1S/C22H30N6O5/c1-16(2)31-11-3-6-23-21-20(28(29)30)22(25-14-24-21)27-9-7-26(8-10-27)13-17-4-5-18-19(12-17)33-15-32-18/h4-5,12,14,16H,3,6-11,13,15H2,1-2H3,(H,23,24,25). The Morgan fingerprint density at radius 3 is 2.73 bits per heavy atom. The van der Waals surface area contributed by atoms with Crippen LogP contribution in [-0.4, -0.2) is 72.0 Å². The van der Waals surface area contributed by atoms with Crippen molar-refractivity contribution in [2.75, 3.05) is 56.3 Å². The van der Waals surface area contributed by atoms with E-state index in [9.17, 15) is 10.1 Å². The minimum absolute atomic E-state index is 0.0773. The van der Waals surface area contributed by atoms with E-state index in [4.69, 9.17) is 14.2 Å². The molecule has 0 amide bonds. The molecule has 4 rings (SSSR count). The molecule has 0 atom stereocenters. The molecule has 2 aliphatic rings. The van der Waals surface area contributed by atoms with Crippen LogP contribution in [0.5, 0.6) is 11.5 Å². The Hall–Kier alpha value is -3.18. The number of nitro groups is 1. The first-order valence-corrected chi connectivity index (χ1v) is 11.2. The number of aromatic nitrogens is 2. The largest absolute Gasteiger partial charge is 0.454 e. The Bertz CT molecular complexity index is 964.